The topological polar surface area (TPSA) is 63.6 Å². The Hall–Kier alpha value is -2.10. The summed E-state index contributed by atoms with van der Waals surface area (Å²) >= 11 is 0. The van der Waals surface area contributed by atoms with Gasteiger partial charge in [0.05, 0.1) is 18.1 Å². The van der Waals surface area contributed by atoms with Crippen molar-refractivity contribution in [1.82, 2.24) is 0 Å². The summed E-state index contributed by atoms with van der Waals surface area (Å²) in [4.78, 5) is 24.4. The van der Waals surface area contributed by atoms with Gasteiger partial charge in [0.25, 0.3) is 0 Å². The average Bonchev–Trinajstić information content (AvgIpc) is 2.71. The molecule has 4 heteroatoms. The van der Waals surface area contributed by atoms with Gasteiger partial charge in [0.15, 0.2) is 11.6 Å². The number of rotatable bonds is 1. The van der Waals surface area contributed by atoms with E-state index >= 15 is 0 Å². The van der Waals surface area contributed by atoms with E-state index in [9.17, 15) is 14.7 Å². The summed E-state index contributed by atoms with van der Waals surface area (Å²) in [6, 6.07) is 5.07. The first kappa shape index (κ1) is 12.0. The van der Waals surface area contributed by atoms with Crippen molar-refractivity contribution >= 4 is 11.6 Å². The molecule has 2 aliphatic carbocycles. The molecule has 0 amide bonds. The first-order valence-corrected chi connectivity index (χ1v) is 6.23. The number of aryl methyl sites for hydroxylation is 1. The second kappa shape index (κ2) is 3.95. The van der Waals surface area contributed by atoms with Crippen LogP contribution in [0.1, 0.15) is 28.8 Å². The number of benzene rings is 1. The molecule has 2 aliphatic rings. The number of allylic oxidation sites excluding steroid dienone is 2. The number of phenolic OH excluding ortho intramolecular Hbond substituents is 1. The molecule has 0 heterocycles. The lowest BCUT2D eigenvalue weighted by Crippen LogP contribution is -2.37. The second-order valence-corrected chi connectivity index (χ2v) is 5.08. The lowest BCUT2D eigenvalue weighted by Gasteiger charge is -2.34. The van der Waals surface area contributed by atoms with Gasteiger partial charge in [-0.2, -0.15) is 0 Å². The maximum atomic E-state index is 12.7. The lowest BCUT2D eigenvalue weighted by molar-refractivity contribution is -0.115. The molecule has 1 atom stereocenters. The van der Waals surface area contributed by atoms with Gasteiger partial charge in [0.2, 0.25) is 0 Å². The highest BCUT2D eigenvalue weighted by molar-refractivity contribution is 6.11. The number of hydrogen-bond acceptors (Lipinski definition) is 4. The molecule has 0 saturated heterocycles. The summed E-state index contributed by atoms with van der Waals surface area (Å²) in [6.07, 6.45) is 2.75. The van der Waals surface area contributed by atoms with E-state index in [2.05, 4.69) is 0 Å². The highest BCUT2D eigenvalue weighted by Crippen LogP contribution is 2.49. The molecule has 98 valence electrons. The Bertz CT molecular complexity index is 615. The highest BCUT2D eigenvalue weighted by Gasteiger charge is 2.51. The van der Waals surface area contributed by atoms with Gasteiger partial charge < -0.3 is 9.84 Å². The number of phenols is 1. The van der Waals surface area contributed by atoms with E-state index < -0.39 is 5.41 Å². The summed E-state index contributed by atoms with van der Waals surface area (Å²) in [7, 11) is 1.47. The van der Waals surface area contributed by atoms with Crippen LogP contribution in [0.15, 0.2) is 30.0 Å². The molecule has 4 nitrogen and oxygen atoms in total. The zero-order valence-corrected chi connectivity index (χ0v) is 10.6. The summed E-state index contributed by atoms with van der Waals surface area (Å²) in [5, 5.41) is 9.93. The van der Waals surface area contributed by atoms with E-state index in [1.165, 1.54) is 19.3 Å². The number of ether oxygens (including phenoxy) is 1. The molecule has 0 bridgehead atoms. The predicted octanol–water partition coefficient (Wildman–Crippen LogP) is 2.01. The summed E-state index contributed by atoms with van der Waals surface area (Å²) in [5.74, 6) is 0.114. The smallest absolute Gasteiger partial charge is 0.181 e. The van der Waals surface area contributed by atoms with Crippen molar-refractivity contribution < 1.29 is 19.4 Å². The van der Waals surface area contributed by atoms with Crippen LogP contribution in [0.4, 0.5) is 0 Å². The Morgan fingerprint density at radius 3 is 2.84 bits per heavy atom. The third-order valence-corrected chi connectivity index (χ3v) is 4.07. The van der Waals surface area contributed by atoms with E-state index in [4.69, 9.17) is 4.74 Å². The van der Waals surface area contributed by atoms with Gasteiger partial charge >= 0.3 is 0 Å². The summed E-state index contributed by atoms with van der Waals surface area (Å²) in [6.45, 7) is 0. The Morgan fingerprint density at radius 2 is 2.11 bits per heavy atom. The molecular weight excluding hydrogens is 244 g/mol. The number of carbonyl (C=O) groups excluding carboxylic acids is 2. The largest absolute Gasteiger partial charge is 0.507 e. The highest BCUT2D eigenvalue weighted by atomic mass is 16.5. The van der Waals surface area contributed by atoms with Crippen LogP contribution < -0.4 is 0 Å². The van der Waals surface area contributed by atoms with Crippen molar-refractivity contribution in [2.45, 2.75) is 19.3 Å². The van der Waals surface area contributed by atoms with Crippen molar-refractivity contribution in [3.63, 3.8) is 0 Å². The van der Waals surface area contributed by atoms with Gasteiger partial charge in [-0.3, -0.25) is 9.59 Å². The van der Waals surface area contributed by atoms with Crippen molar-refractivity contribution in [1.29, 1.82) is 0 Å². The predicted molar refractivity (Wildman–Crippen MR) is 67.9 cm³/mol. The van der Waals surface area contributed by atoms with Gasteiger partial charge in [0.1, 0.15) is 11.5 Å². The van der Waals surface area contributed by atoms with E-state index in [0.29, 0.717) is 24.2 Å². The van der Waals surface area contributed by atoms with Crippen molar-refractivity contribution in [3.8, 4) is 5.75 Å². The molecule has 0 unspecified atom stereocenters. The maximum absolute atomic E-state index is 12.7. The molecule has 0 aliphatic heterocycles. The average molecular weight is 258 g/mol. The number of methoxy groups -OCH3 is 1. The number of Topliss-reactive ketones (excluding diaryl/α,β-unsaturated/α-hetero) is 1. The first-order chi connectivity index (χ1) is 9.08. The quantitative estimate of drug-likeness (QED) is 0.837. The Kier molecular flexibility index (Phi) is 2.49. The molecule has 1 spiro atoms. The van der Waals surface area contributed by atoms with E-state index in [-0.39, 0.29) is 23.7 Å². The Morgan fingerprint density at radius 1 is 1.32 bits per heavy atom. The zero-order chi connectivity index (χ0) is 13.6. The van der Waals surface area contributed by atoms with Crippen LogP contribution in [0, 0.1) is 5.41 Å². The minimum absolute atomic E-state index is 0.0172. The fourth-order valence-corrected chi connectivity index (χ4v) is 3.14. The molecule has 0 fully saturated rings. The van der Waals surface area contributed by atoms with Gasteiger partial charge in [-0.25, -0.2) is 0 Å². The lowest BCUT2D eigenvalue weighted by atomic mass is 9.69. The molecule has 3 rings (SSSR count). The van der Waals surface area contributed by atoms with Gasteiger partial charge in [-0.05, 0) is 24.5 Å². The second-order valence-electron chi connectivity index (χ2n) is 5.08. The molecular formula is C15H14O4. The van der Waals surface area contributed by atoms with Crippen LogP contribution in [0.2, 0.25) is 0 Å². The molecule has 0 saturated carbocycles. The number of ketones is 2. The monoisotopic (exact) mass is 258 g/mol. The van der Waals surface area contributed by atoms with Crippen LogP contribution in [-0.2, 0) is 16.0 Å². The van der Waals surface area contributed by atoms with Gasteiger partial charge in [0, 0.05) is 12.5 Å². The molecule has 0 aromatic heterocycles. The first-order valence-electron chi connectivity index (χ1n) is 6.23. The van der Waals surface area contributed by atoms with Crippen LogP contribution >= 0.6 is 0 Å². The SMILES string of the molecule is COC1=CC(=O)C[C@@]12CCc1cccc(O)c1C2=O. The van der Waals surface area contributed by atoms with Gasteiger partial charge in [-0.1, -0.05) is 12.1 Å². The van der Waals surface area contributed by atoms with E-state index in [1.54, 1.807) is 6.07 Å². The summed E-state index contributed by atoms with van der Waals surface area (Å²) in [5.41, 5.74) is 0.273. The van der Waals surface area contributed by atoms with E-state index in [1.807, 2.05) is 6.07 Å². The molecule has 19 heavy (non-hydrogen) atoms. The number of hydrogen-bond donors (Lipinski definition) is 1. The molecule has 1 aromatic carbocycles. The standard InChI is InChI=1S/C15H14O4/c1-19-12-7-10(16)8-15(12)6-5-9-3-2-4-11(17)13(9)14(15)18/h2-4,7,17H,5-6,8H2,1H3/t15-/m0/s1. The van der Waals surface area contributed by atoms with Crippen molar-refractivity contribution in [2.24, 2.45) is 5.41 Å². The third-order valence-electron chi connectivity index (χ3n) is 4.07. The number of carbonyl (C=O) groups is 2. The normalized spacial score (nSPS) is 25.4. The van der Waals surface area contributed by atoms with Gasteiger partial charge in [-0.15, -0.1) is 0 Å². The number of aromatic hydroxyl groups is 1. The van der Waals surface area contributed by atoms with Crippen molar-refractivity contribution in [3.05, 3.63) is 41.2 Å². The zero-order valence-electron chi connectivity index (χ0n) is 10.6. The van der Waals surface area contributed by atoms with E-state index in [0.717, 1.165) is 5.56 Å². The van der Waals surface area contributed by atoms with Crippen LogP contribution in [0.3, 0.4) is 0 Å². The van der Waals surface area contributed by atoms with Crippen LogP contribution in [-0.4, -0.2) is 23.8 Å². The maximum Gasteiger partial charge on any atom is 0.181 e. The number of fused-ring (bicyclic) bond motifs is 1. The minimum Gasteiger partial charge on any atom is -0.507 e. The fraction of sp³-hybridized carbons (Fsp3) is 0.333. The molecule has 1 N–H and O–H groups in total. The summed E-state index contributed by atoms with van der Waals surface area (Å²) < 4.78 is 5.24. The third kappa shape index (κ3) is 1.52. The Balaban J connectivity index is 2.15. The molecule has 0 radical (unpaired) electrons. The van der Waals surface area contributed by atoms with Crippen molar-refractivity contribution in [2.75, 3.05) is 7.11 Å². The van der Waals surface area contributed by atoms with Crippen LogP contribution in [0.25, 0.3) is 0 Å². The fourth-order valence-electron chi connectivity index (χ4n) is 3.14. The molecule has 1 aromatic rings. The van der Waals surface area contributed by atoms with Crippen LogP contribution in [0.5, 0.6) is 5.75 Å². The minimum atomic E-state index is -0.905. The Labute approximate surface area is 110 Å².